The van der Waals surface area contributed by atoms with E-state index in [0.29, 0.717) is 10.6 Å². The number of amides is 3. The van der Waals surface area contributed by atoms with Crippen LogP contribution in [0.15, 0.2) is 0 Å². The molecule has 8 heteroatoms. The minimum absolute atomic E-state index is 0.146. The Morgan fingerprint density at radius 1 is 1.08 bits per heavy atom. The number of nitrogens with one attached hydrogen (secondary N) is 1. The molecular formula is C18H22N2O5S. The zero-order valence-electron chi connectivity index (χ0n) is 14.8. The van der Waals surface area contributed by atoms with Gasteiger partial charge in [0.2, 0.25) is 17.7 Å². The maximum absolute atomic E-state index is 12.5. The van der Waals surface area contributed by atoms with Gasteiger partial charge in [-0.3, -0.25) is 19.3 Å². The first-order valence-corrected chi connectivity index (χ1v) is 9.77. The highest BCUT2D eigenvalue weighted by Gasteiger charge is 2.32. The topological polar surface area (TPSA) is 92.8 Å². The summed E-state index contributed by atoms with van der Waals surface area (Å²) in [6, 6.07) is 0. The van der Waals surface area contributed by atoms with Crippen LogP contribution in [0.4, 0.5) is 5.00 Å². The summed E-state index contributed by atoms with van der Waals surface area (Å²) >= 11 is 1.40. The zero-order valence-corrected chi connectivity index (χ0v) is 15.6. The predicted octanol–water partition coefficient (Wildman–Crippen LogP) is 2.28. The van der Waals surface area contributed by atoms with Gasteiger partial charge < -0.3 is 10.1 Å². The Morgan fingerprint density at radius 2 is 1.77 bits per heavy atom. The van der Waals surface area contributed by atoms with Gasteiger partial charge in [-0.1, -0.05) is 6.42 Å². The van der Waals surface area contributed by atoms with Crippen molar-refractivity contribution in [1.29, 1.82) is 0 Å². The summed E-state index contributed by atoms with van der Waals surface area (Å²) in [4.78, 5) is 50.3. The van der Waals surface area contributed by atoms with Gasteiger partial charge in [0.05, 0.1) is 12.2 Å². The molecule has 1 saturated heterocycles. The van der Waals surface area contributed by atoms with Crippen molar-refractivity contribution in [3.05, 3.63) is 16.0 Å². The van der Waals surface area contributed by atoms with Crippen LogP contribution in [0.5, 0.6) is 0 Å². The normalized spacial score (nSPS) is 17.0. The van der Waals surface area contributed by atoms with Crippen molar-refractivity contribution in [2.75, 3.05) is 18.5 Å². The van der Waals surface area contributed by atoms with Gasteiger partial charge in [-0.25, -0.2) is 4.79 Å². The molecular weight excluding hydrogens is 356 g/mol. The number of likely N-dealkylation sites (tertiary alicyclic amines) is 1. The summed E-state index contributed by atoms with van der Waals surface area (Å²) in [5, 5.41) is 3.19. The number of rotatable bonds is 5. The third-order valence-corrected chi connectivity index (χ3v) is 5.82. The summed E-state index contributed by atoms with van der Waals surface area (Å²) < 4.78 is 5.18. The van der Waals surface area contributed by atoms with Crippen molar-refractivity contribution in [3.63, 3.8) is 0 Å². The number of nitrogens with zero attached hydrogens (tertiary/aromatic N) is 1. The number of esters is 1. The third kappa shape index (κ3) is 3.80. The van der Waals surface area contributed by atoms with E-state index >= 15 is 0 Å². The van der Waals surface area contributed by atoms with Gasteiger partial charge in [0.15, 0.2) is 0 Å². The first-order valence-electron chi connectivity index (χ1n) is 8.96. The maximum Gasteiger partial charge on any atom is 0.341 e. The smallest absolute Gasteiger partial charge is 0.341 e. The zero-order chi connectivity index (χ0) is 18.7. The van der Waals surface area contributed by atoms with Crippen molar-refractivity contribution in [2.24, 2.45) is 0 Å². The molecule has 1 aliphatic heterocycles. The van der Waals surface area contributed by atoms with Crippen LogP contribution in [0.25, 0.3) is 0 Å². The molecule has 7 nitrogen and oxygen atoms in total. The van der Waals surface area contributed by atoms with Crippen LogP contribution in [-0.2, 0) is 32.0 Å². The van der Waals surface area contributed by atoms with Gasteiger partial charge in [-0.05, 0) is 38.2 Å². The van der Waals surface area contributed by atoms with Crippen molar-refractivity contribution < 1.29 is 23.9 Å². The van der Waals surface area contributed by atoms with Crippen molar-refractivity contribution in [2.45, 2.75) is 51.9 Å². The van der Waals surface area contributed by atoms with Crippen LogP contribution in [0.2, 0.25) is 0 Å². The lowest BCUT2D eigenvalue weighted by atomic mass is 10.1. The molecule has 1 fully saturated rings. The first-order chi connectivity index (χ1) is 12.5. The van der Waals surface area contributed by atoms with Crippen LogP contribution in [0.3, 0.4) is 0 Å². The minimum Gasteiger partial charge on any atom is -0.462 e. The Balaban J connectivity index is 1.82. The molecule has 0 spiro atoms. The summed E-state index contributed by atoms with van der Waals surface area (Å²) in [6.07, 6.45) is 5.14. The van der Waals surface area contributed by atoms with Gasteiger partial charge in [0.25, 0.3) is 0 Å². The second-order valence-electron chi connectivity index (χ2n) is 6.41. The van der Waals surface area contributed by atoms with E-state index < -0.39 is 11.9 Å². The van der Waals surface area contributed by atoms with Crippen LogP contribution in [0, 0.1) is 0 Å². The average Bonchev–Trinajstić information content (AvgIpc) is 2.99. The van der Waals surface area contributed by atoms with Crippen molar-refractivity contribution in [1.82, 2.24) is 4.90 Å². The molecule has 0 atom stereocenters. The molecule has 2 heterocycles. The predicted molar refractivity (Wildman–Crippen MR) is 96.1 cm³/mol. The summed E-state index contributed by atoms with van der Waals surface area (Å²) in [5.74, 6) is -1.58. The number of hydrogen-bond donors (Lipinski definition) is 1. The monoisotopic (exact) mass is 378 g/mol. The Morgan fingerprint density at radius 3 is 2.46 bits per heavy atom. The maximum atomic E-state index is 12.5. The Labute approximate surface area is 155 Å². The summed E-state index contributed by atoms with van der Waals surface area (Å²) in [5.41, 5.74) is 1.40. The van der Waals surface area contributed by atoms with Gasteiger partial charge in [0.1, 0.15) is 11.5 Å². The van der Waals surface area contributed by atoms with E-state index in [9.17, 15) is 19.2 Å². The molecule has 0 aromatic carbocycles. The number of hydrogen-bond acceptors (Lipinski definition) is 6. The number of carbonyl (C=O) groups is 4. The van der Waals surface area contributed by atoms with E-state index in [1.54, 1.807) is 6.92 Å². The molecule has 0 radical (unpaired) electrons. The second kappa shape index (κ2) is 7.99. The van der Waals surface area contributed by atoms with E-state index in [2.05, 4.69) is 5.32 Å². The van der Waals surface area contributed by atoms with E-state index in [4.69, 9.17) is 4.74 Å². The number of thiophene rings is 1. The van der Waals surface area contributed by atoms with Crippen molar-refractivity contribution in [3.8, 4) is 0 Å². The van der Waals surface area contributed by atoms with Gasteiger partial charge in [0, 0.05) is 17.7 Å². The Hall–Kier alpha value is -2.22. The third-order valence-electron chi connectivity index (χ3n) is 4.61. The summed E-state index contributed by atoms with van der Waals surface area (Å²) in [7, 11) is 0. The highest BCUT2D eigenvalue weighted by molar-refractivity contribution is 7.17. The minimum atomic E-state index is -0.476. The van der Waals surface area contributed by atoms with E-state index in [1.807, 2.05) is 0 Å². The standard InChI is InChI=1S/C18H22N2O5S/c1-2-25-18(24)16-11-6-4-3-5-7-12(11)26-17(16)19-13(21)10-20-14(22)8-9-15(20)23/h2-10H2,1H3,(H,19,21). The fourth-order valence-corrected chi connectivity index (χ4v) is 4.65. The lowest BCUT2D eigenvalue weighted by molar-refractivity contribution is -0.141. The van der Waals surface area contributed by atoms with Crippen LogP contribution < -0.4 is 5.32 Å². The van der Waals surface area contributed by atoms with Gasteiger partial charge >= 0.3 is 5.97 Å². The molecule has 1 aliphatic carbocycles. The number of imide groups is 1. The number of ether oxygens (including phenoxy) is 1. The fourth-order valence-electron chi connectivity index (χ4n) is 3.36. The molecule has 3 amide bonds. The van der Waals surface area contributed by atoms with Crippen molar-refractivity contribution >= 4 is 40.0 Å². The molecule has 2 aliphatic rings. The Kier molecular flexibility index (Phi) is 5.70. The lowest BCUT2D eigenvalue weighted by Crippen LogP contribution is -2.37. The molecule has 140 valence electrons. The highest BCUT2D eigenvalue weighted by atomic mass is 32.1. The van der Waals surface area contributed by atoms with E-state index in [1.165, 1.54) is 11.3 Å². The second-order valence-corrected chi connectivity index (χ2v) is 7.52. The molecule has 26 heavy (non-hydrogen) atoms. The Bertz CT molecular complexity index is 739. The van der Waals surface area contributed by atoms with E-state index in [-0.39, 0.29) is 37.8 Å². The van der Waals surface area contributed by atoms with Gasteiger partial charge in [-0.15, -0.1) is 11.3 Å². The molecule has 1 N–H and O–H groups in total. The number of anilines is 1. The number of fused-ring (bicyclic) bond motifs is 1. The van der Waals surface area contributed by atoms with Crippen LogP contribution in [-0.4, -0.2) is 41.7 Å². The first kappa shape index (κ1) is 18.6. The quantitative estimate of drug-likeness (QED) is 0.482. The fraction of sp³-hybridized carbons (Fsp3) is 0.556. The molecule has 1 aromatic rings. The van der Waals surface area contributed by atoms with Crippen LogP contribution >= 0.6 is 11.3 Å². The molecule has 3 rings (SSSR count). The lowest BCUT2D eigenvalue weighted by Gasteiger charge is -2.13. The number of aryl methyl sites for hydroxylation is 1. The number of carbonyl (C=O) groups excluding carboxylic acids is 4. The molecule has 1 aromatic heterocycles. The average molecular weight is 378 g/mol. The SMILES string of the molecule is CCOC(=O)c1c(NC(=O)CN2C(=O)CCC2=O)sc2c1CCCCC2. The van der Waals surface area contributed by atoms with E-state index in [0.717, 1.165) is 47.4 Å². The molecule has 0 saturated carbocycles. The largest absolute Gasteiger partial charge is 0.462 e. The summed E-state index contributed by atoms with van der Waals surface area (Å²) in [6.45, 7) is 1.68. The van der Waals surface area contributed by atoms with Crippen LogP contribution in [0.1, 0.15) is 59.8 Å². The highest BCUT2D eigenvalue weighted by Crippen LogP contribution is 2.38. The van der Waals surface area contributed by atoms with Gasteiger partial charge in [-0.2, -0.15) is 0 Å². The molecule has 0 bridgehead atoms. The molecule has 0 unspecified atom stereocenters.